The maximum atomic E-state index is 11.4. The van der Waals surface area contributed by atoms with Crippen molar-refractivity contribution in [2.75, 3.05) is 0 Å². The van der Waals surface area contributed by atoms with Gasteiger partial charge in [-0.1, -0.05) is 0 Å². The van der Waals surface area contributed by atoms with Gasteiger partial charge in [-0.05, 0) is 26.2 Å². The van der Waals surface area contributed by atoms with Gasteiger partial charge in [-0.25, -0.2) is 13.1 Å². The Hall–Kier alpha value is -0.640. The first kappa shape index (κ1) is 11.4. The quantitative estimate of drug-likeness (QED) is 0.678. The summed E-state index contributed by atoms with van der Waals surface area (Å²) in [5.74, 6) is 0. The Bertz CT molecular complexity index is 333. The highest BCUT2D eigenvalue weighted by Crippen LogP contribution is 2.18. The lowest BCUT2D eigenvalue weighted by Crippen LogP contribution is -2.38. The van der Waals surface area contributed by atoms with Gasteiger partial charge < -0.3 is 5.73 Å². The molecular formula is C8H15N3O2S. The zero-order valence-electron chi connectivity index (χ0n) is 8.10. The van der Waals surface area contributed by atoms with E-state index < -0.39 is 15.3 Å². The number of nitrogens with two attached hydrogens (primary N) is 1. The summed E-state index contributed by atoms with van der Waals surface area (Å²) in [5.41, 5.74) is 5.65. The van der Waals surface area contributed by atoms with Crippen LogP contribution in [0.4, 0.5) is 0 Å². The molecule has 1 fully saturated rings. The minimum absolute atomic E-state index is 0.0834. The molecule has 0 saturated heterocycles. The Balaban J connectivity index is 2.57. The second kappa shape index (κ2) is 4.26. The Morgan fingerprint density at radius 3 is 2.64 bits per heavy atom. The molecule has 1 rings (SSSR count). The first-order valence-electron chi connectivity index (χ1n) is 4.62. The monoisotopic (exact) mass is 217 g/mol. The highest BCUT2D eigenvalue weighted by molar-refractivity contribution is 7.90. The van der Waals surface area contributed by atoms with Gasteiger partial charge in [-0.3, -0.25) is 0 Å². The zero-order valence-corrected chi connectivity index (χ0v) is 8.92. The van der Waals surface area contributed by atoms with Gasteiger partial charge in [0.05, 0.1) is 6.07 Å². The van der Waals surface area contributed by atoms with Crippen molar-refractivity contribution in [3.8, 4) is 6.07 Å². The van der Waals surface area contributed by atoms with Crippen LogP contribution in [0.3, 0.4) is 0 Å². The van der Waals surface area contributed by atoms with Crippen LogP contribution in [0.25, 0.3) is 0 Å². The average Bonchev–Trinajstić information content (AvgIpc) is 2.48. The van der Waals surface area contributed by atoms with Crippen LogP contribution in [0.5, 0.6) is 0 Å². The largest absolute Gasteiger partial charge is 0.328 e. The molecule has 6 heteroatoms. The lowest BCUT2D eigenvalue weighted by atomic mass is 10.2. The van der Waals surface area contributed by atoms with Crippen molar-refractivity contribution in [1.29, 1.82) is 5.26 Å². The standard InChI is InChI=1S/C8H15N3O2S/c1-6(5-9)14(12,13)11-8-3-2-7(10)4-8/h6-8,11H,2-4,10H2,1H3. The van der Waals surface area contributed by atoms with Gasteiger partial charge in [0.1, 0.15) is 0 Å². The molecular weight excluding hydrogens is 202 g/mol. The van der Waals surface area contributed by atoms with Gasteiger partial charge >= 0.3 is 0 Å². The van der Waals surface area contributed by atoms with Crippen LogP contribution in [0.2, 0.25) is 0 Å². The van der Waals surface area contributed by atoms with Crippen molar-refractivity contribution in [3.63, 3.8) is 0 Å². The van der Waals surface area contributed by atoms with E-state index in [1.54, 1.807) is 6.07 Å². The number of hydrogen-bond acceptors (Lipinski definition) is 4. The first-order chi connectivity index (χ1) is 6.45. The minimum atomic E-state index is -3.48. The molecule has 1 aliphatic rings. The van der Waals surface area contributed by atoms with Gasteiger partial charge in [0.2, 0.25) is 10.0 Å². The molecule has 5 nitrogen and oxygen atoms in total. The van der Waals surface area contributed by atoms with E-state index in [4.69, 9.17) is 11.0 Å². The van der Waals surface area contributed by atoms with E-state index in [0.717, 1.165) is 12.8 Å². The summed E-state index contributed by atoms with van der Waals surface area (Å²) in [4.78, 5) is 0. The van der Waals surface area contributed by atoms with E-state index in [9.17, 15) is 8.42 Å². The molecule has 0 aromatic heterocycles. The predicted octanol–water partition coefficient (Wildman–Crippen LogP) is -0.302. The SMILES string of the molecule is CC(C#N)S(=O)(=O)NC1CCC(N)C1. The van der Waals surface area contributed by atoms with Crippen LogP contribution in [-0.4, -0.2) is 25.8 Å². The molecule has 3 N–H and O–H groups in total. The van der Waals surface area contributed by atoms with Crippen LogP contribution in [0, 0.1) is 11.3 Å². The molecule has 0 aromatic rings. The van der Waals surface area contributed by atoms with Crippen LogP contribution in [0.15, 0.2) is 0 Å². The van der Waals surface area contributed by atoms with Gasteiger partial charge in [-0.15, -0.1) is 0 Å². The van der Waals surface area contributed by atoms with E-state index in [0.29, 0.717) is 6.42 Å². The summed E-state index contributed by atoms with van der Waals surface area (Å²) in [6.07, 6.45) is 2.27. The molecule has 0 heterocycles. The van der Waals surface area contributed by atoms with E-state index in [-0.39, 0.29) is 12.1 Å². The molecule has 0 amide bonds. The van der Waals surface area contributed by atoms with Crippen molar-refractivity contribution in [1.82, 2.24) is 4.72 Å². The second-order valence-corrected chi connectivity index (χ2v) is 5.74. The van der Waals surface area contributed by atoms with Crippen molar-refractivity contribution in [3.05, 3.63) is 0 Å². The van der Waals surface area contributed by atoms with Crippen LogP contribution < -0.4 is 10.5 Å². The third-order valence-electron chi connectivity index (χ3n) is 2.45. The summed E-state index contributed by atoms with van der Waals surface area (Å²) in [5, 5.41) is 7.50. The predicted molar refractivity (Wildman–Crippen MR) is 52.7 cm³/mol. The van der Waals surface area contributed by atoms with Gasteiger partial charge in [0.15, 0.2) is 5.25 Å². The van der Waals surface area contributed by atoms with E-state index in [2.05, 4.69) is 4.72 Å². The first-order valence-corrected chi connectivity index (χ1v) is 6.16. The third-order valence-corrected chi connectivity index (χ3v) is 4.15. The second-order valence-electron chi connectivity index (χ2n) is 3.70. The maximum Gasteiger partial charge on any atom is 0.227 e. The fraction of sp³-hybridized carbons (Fsp3) is 0.875. The van der Waals surface area contributed by atoms with E-state index in [1.807, 2.05) is 0 Å². The van der Waals surface area contributed by atoms with Crippen LogP contribution in [0.1, 0.15) is 26.2 Å². The fourth-order valence-corrected chi connectivity index (χ4v) is 2.55. The van der Waals surface area contributed by atoms with Crippen molar-refractivity contribution in [2.45, 2.75) is 43.5 Å². The molecule has 0 aliphatic heterocycles. The Morgan fingerprint density at radius 1 is 1.57 bits per heavy atom. The summed E-state index contributed by atoms with van der Waals surface area (Å²) in [6.45, 7) is 1.37. The van der Waals surface area contributed by atoms with Gasteiger partial charge in [0.25, 0.3) is 0 Å². The number of nitrogens with one attached hydrogen (secondary N) is 1. The Morgan fingerprint density at radius 2 is 2.21 bits per heavy atom. The summed E-state index contributed by atoms with van der Waals surface area (Å²) in [6, 6.07) is 1.70. The van der Waals surface area contributed by atoms with E-state index >= 15 is 0 Å². The number of rotatable bonds is 3. The summed E-state index contributed by atoms with van der Waals surface area (Å²) in [7, 11) is -3.48. The molecule has 0 radical (unpaired) electrons. The topological polar surface area (TPSA) is 96.0 Å². The molecule has 1 saturated carbocycles. The lowest BCUT2D eigenvalue weighted by Gasteiger charge is -2.13. The molecule has 3 atom stereocenters. The van der Waals surface area contributed by atoms with Crippen molar-refractivity contribution >= 4 is 10.0 Å². The smallest absolute Gasteiger partial charge is 0.227 e. The van der Waals surface area contributed by atoms with Crippen molar-refractivity contribution in [2.24, 2.45) is 5.73 Å². The van der Waals surface area contributed by atoms with Crippen LogP contribution >= 0.6 is 0 Å². The molecule has 14 heavy (non-hydrogen) atoms. The number of sulfonamides is 1. The van der Waals surface area contributed by atoms with E-state index in [1.165, 1.54) is 6.92 Å². The number of nitrogens with zero attached hydrogens (tertiary/aromatic N) is 1. The van der Waals surface area contributed by atoms with Gasteiger partial charge in [-0.2, -0.15) is 5.26 Å². The molecule has 0 bridgehead atoms. The molecule has 1 aliphatic carbocycles. The Kier molecular flexibility index (Phi) is 3.48. The van der Waals surface area contributed by atoms with Crippen LogP contribution in [-0.2, 0) is 10.0 Å². The normalized spacial score (nSPS) is 29.8. The molecule has 3 unspecified atom stereocenters. The zero-order chi connectivity index (χ0) is 10.8. The lowest BCUT2D eigenvalue weighted by molar-refractivity contribution is 0.545. The Labute approximate surface area is 84.3 Å². The molecule has 0 spiro atoms. The molecule has 0 aromatic carbocycles. The highest BCUT2D eigenvalue weighted by Gasteiger charge is 2.28. The van der Waals surface area contributed by atoms with Crippen molar-refractivity contribution < 1.29 is 8.42 Å². The average molecular weight is 217 g/mol. The third kappa shape index (κ3) is 2.67. The summed E-state index contributed by atoms with van der Waals surface area (Å²) >= 11 is 0. The number of nitriles is 1. The maximum absolute atomic E-state index is 11.4. The number of hydrogen-bond donors (Lipinski definition) is 2. The highest BCUT2D eigenvalue weighted by atomic mass is 32.2. The molecule has 80 valence electrons. The minimum Gasteiger partial charge on any atom is -0.328 e. The van der Waals surface area contributed by atoms with Gasteiger partial charge in [0, 0.05) is 12.1 Å². The fourth-order valence-electron chi connectivity index (χ4n) is 1.53. The summed E-state index contributed by atoms with van der Waals surface area (Å²) < 4.78 is 25.4.